The molecule has 18 heavy (non-hydrogen) atoms. The highest BCUT2D eigenvalue weighted by Crippen LogP contribution is 2.30. The van der Waals surface area contributed by atoms with Crippen LogP contribution in [0.15, 0.2) is 18.2 Å². The van der Waals surface area contributed by atoms with Crippen LogP contribution in [0.3, 0.4) is 0 Å². The van der Waals surface area contributed by atoms with Gasteiger partial charge in [-0.3, -0.25) is 14.9 Å². The van der Waals surface area contributed by atoms with Gasteiger partial charge in [-0.2, -0.15) is 0 Å². The molecule has 1 aromatic carbocycles. The van der Waals surface area contributed by atoms with Gasteiger partial charge >= 0.3 is 5.69 Å². The number of carbonyl (C=O) groups is 1. The first-order chi connectivity index (χ1) is 8.61. The molecule has 0 unspecified atom stereocenters. The Morgan fingerprint density at radius 2 is 2.33 bits per heavy atom. The summed E-state index contributed by atoms with van der Waals surface area (Å²) in [5, 5.41) is 13.3. The Morgan fingerprint density at radius 3 is 2.89 bits per heavy atom. The molecule has 1 N–H and O–H groups in total. The van der Waals surface area contributed by atoms with E-state index in [0.29, 0.717) is 13.0 Å². The minimum Gasteiger partial charge on any atom is -0.490 e. The van der Waals surface area contributed by atoms with Crippen LogP contribution in [-0.4, -0.2) is 24.5 Å². The van der Waals surface area contributed by atoms with Gasteiger partial charge in [0.05, 0.1) is 17.6 Å². The molecule has 0 saturated heterocycles. The summed E-state index contributed by atoms with van der Waals surface area (Å²) in [4.78, 5) is 22.0. The fraction of sp³-hybridized carbons (Fsp3) is 0.250. The monoisotopic (exact) mass is 248 g/mol. The number of nitrogens with one attached hydrogen (secondary N) is 1. The lowest BCUT2D eigenvalue weighted by molar-refractivity contribution is -0.385. The lowest BCUT2D eigenvalue weighted by atomic mass is 10.1. The number of ether oxygens (including phenoxy) is 1. The molecular formula is C12H12N2O4. The zero-order valence-electron chi connectivity index (χ0n) is 9.80. The summed E-state index contributed by atoms with van der Waals surface area (Å²) in [5.74, 6) is 1.87. The molecular weight excluding hydrogens is 236 g/mol. The summed E-state index contributed by atoms with van der Waals surface area (Å²) in [7, 11) is 1.28. The Morgan fingerprint density at radius 1 is 1.61 bits per heavy atom. The quantitative estimate of drug-likeness (QED) is 0.369. The normalized spacial score (nSPS) is 9.33. The molecule has 1 rings (SSSR count). The van der Waals surface area contributed by atoms with Crippen molar-refractivity contribution < 1.29 is 14.5 Å². The van der Waals surface area contributed by atoms with Gasteiger partial charge in [0, 0.05) is 19.0 Å². The number of benzene rings is 1. The van der Waals surface area contributed by atoms with Crippen LogP contribution in [0.1, 0.15) is 16.8 Å². The molecule has 0 fully saturated rings. The Kier molecular flexibility index (Phi) is 4.69. The van der Waals surface area contributed by atoms with Crippen LogP contribution in [0.5, 0.6) is 5.75 Å². The summed E-state index contributed by atoms with van der Waals surface area (Å²) >= 11 is 0. The number of amides is 1. The van der Waals surface area contributed by atoms with E-state index in [0.717, 1.165) is 0 Å². The number of nitro benzene ring substituents is 1. The van der Waals surface area contributed by atoms with Gasteiger partial charge in [0.1, 0.15) is 0 Å². The van der Waals surface area contributed by atoms with Gasteiger partial charge in [0.2, 0.25) is 5.75 Å². The van der Waals surface area contributed by atoms with Crippen LogP contribution in [0, 0.1) is 22.5 Å². The van der Waals surface area contributed by atoms with Crippen molar-refractivity contribution in [1.29, 1.82) is 0 Å². The highest BCUT2D eigenvalue weighted by atomic mass is 16.6. The molecule has 0 bridgehead atoms. The lowest BCUT2D eigenvalue weighted by Gasteiger charge is -2.08. The number of nitro groups is 1. The van der Waals surface area contributed by atoms with Crippen LogP contribution in [0.4, 0.5) is 5.69 Å². The van der Waals surface area contributed by atoms with E-state index in [4.69, 9.17) is 11.2 Å². The third-order valence-electron chi connectivity index (χ3n) is 2.19. The maximum Gasteiger partial charge on any atom is 0.311 e. The highest BCUT2D eigenvalue weighted by Gasteiger charge is 2.21. The maximum absolute atomic E-state index is 11.8. The summed E-state index contributed by atoms with van der Waals surface area (Å²) in [5.41, 5.74) is -0.133. The Balaban J connectivity index is 3.02. The first kappa shape index (κ1) is 13.5. The van der Waals surface area contributed by atoms with Crippen molar-refractivity contribution in [3.63, 3.8) is 0 Å². The fourth-order valence-electron chi connectivity index (χ4n) is 1.41. The molecule has 0 heterocycles. The highest BCUT2D eigenvalue weighted by molar-refractivity contribution is 5.98. The van der Waals surface area contributed by atoms with E-state index in [-0.39, 0.29) is 17.0 Å². The van der Waals surface area contributed by atoms with Crippen LogP contribution in [0.25, 0.3) is 0 Å². The van der Waals surface area contributed by atoms with Crippen molar-refractivity contribution in [2.24, 2.45) is 0 Å². The third-order valence-corrected chi connectivity index (χ3v) is 2.19. The summed E-state index contributed by atoms with van der Waals surface area (Å²) in [6, 6.07) is 4.16. The van der Waals surface area contributed by atoms with Gasteiger partial charge in [0.25, 0.3) is 5.91 Å². The molecule has 0 aliphatic carbocycles. The number of terminal acetylenes is 1. The minimum atomic E-state index is -0.600. The number of rotatable bonds is 5. The smallest absolute Gasteiger partial charge is 0.311 e. The molecule has 0 aliphatic rings. The van der Waals surface area contributed by atoms with Crippen molar-refractivity contribution in [1.82, 2.24) is 5.32 Å². The zero-order valence-corrected chi connectivity index (χ0v) is 9.80. The average molecular weight is 248 g/mol. The first-order valence-electron chi connectivity index (χ1n) is 5.15. The molecule has 0 aromatic heterocycles. The first-order valence-corrected chi connectivity index (χ1v) is 5.15. The molecule has 6 heteroatoms. The summed E-state index contributed by atoms with van der Waals surface area (Å²) in [6.45, 7) is 0.307. The van der Waals surface area contributed by atoms with E-state index in [9.17, 15) is 14.9 Å². The van der Waals surface area contributed by atoms with E-state index in [1.54, 1.807) is 0 Å². The van der Waals surface area contributed by atoms with Gasteiger partial charge < -0.3 is 10.1 Å². The van der Waals surface area contributed by atoms with E-state index in [1.807, 2.05) is 0 Å². The number of para-hydroxylation sites is 1. The van der Waals surface area contributed by atoms with Gasteiger partial charge in [-0.1, -0.05) is 6.07 Å². The molecule has 0 atom stereocenters. The molecule has 94 valence electrons. The third kappa shape index (κ3) is 2.98. The topological polar surface area (TPSA) is 81.5 Å². The van der Waals surface area contributed by atoms with Crippen molar-refractivity contribution in [3.8, 4) is 18.1 Å². The van der Waals surface area contributed by atoms with E-state index in [1.165, 1.54) is 25.3 Å². The minimum absolute atomic E-state index is 0.0549. The predicted octanol–water partition coefficient (Wildman–Crippen LogP) is 1.36. The van der Waals surface area contributed by atoms with Crippen molar-refractivity contribution in [2.45, 2.75) is 6.42 Å². The number of carbonyl (C=O) groups excluding carboxylic acids is 1. The second-order valence-corrected chi connectivity index (χ2v) is 3.33. The molecule has 0 saturated carbocycles. The van der Waals surface area contributed by atoms with Crippen LogP contribution in [-0.2, 0) is 0 Å². The Bertz CT molecular complexity index is 505. The molecule has 1 amide bonds. The van der Waals surface area contributed by atoms with Gasteiger partial charge in [-0.15, -0.1) is 12.3 Å². The zero-order chi connectivity index (χ0) is 13.5. The number of hydrogen-bond acceptors (Lipinski definition) is 4. The standard InChI is InChI=1S/C12H12N2O4/c1-3-4-8-13-12(15)9-6-5-7-10(14(16)17)11(9)18-2/h1,5-7H,4,8H2,2H3,(H,13,15). The summed E-state index contributed by atoms with van der Waals surface area (Å²) < 4.78 is 4.92. The second kappa shape index (κ2) is 6.25. The number of hydrogen-bond donors (Lipinski definition) is 1. The summed E-state index contributed by atoms with van der Waals surface area (Å²) in [6.07, 6.45) is 5.45. The number of nitrogens with zero attached hydrogens (tertiary/aromatic N) is 1. The predicted molar refractivity (Wildman–Crippen MR) is 65.4 cm³/mol. The van der Waals surface area contributed by atoms with Crippen LogP contribution >= 0.6 is 0 Å². The van der Waals surface area contributed by atoms with Crippen LogP contribution in [0.2, 0.25) is 0 Å². The van der Waals surface area contributed by atoms with Crippen molar-refractivity contribution in [3.05, 3.63) is 33.9 Å². The van der Waals surface area contributed by atoms with Crippen molar-refractivity contribution >= 4 is 11.6 Å². The van der Waals surface area contributed by atoms with Gasteiger partial charge in [0.15, 0.2) is 0 Å². The Hall–Kier alpha value is -2.55. The molecule has 0 spiro atoms. The molecule has 0 radical (unpaired) electrons. The van der Waals surface area contributed by atoms with Gasteiger partial charge in [-0.05, 0) is 6.07 Å². The molecule has 0 aliphatic heterocycles. The number of methoxy groups -OCH3 is 1. The van der Waals surface area contributed by atoms with E-state index < -0.39 is 10.8 Å². The van der Waals surface area contributed by atoms with Crippen molar-refractivity contribution in [2.75, 3.05) is 13.7 Å². The lowest BCUT2D eigenvalue weighted by Crippen LogP contribution is -2.24. The average Bonchev–Trinajstić information content (AvgIpc) is 2.37. The van der Waals surface area contributed by atoms with E-state index in [2.05, 4.69) is 11.2 Å². The fourth-order valence-corrected chi connectivity index (χ4v) is 1.41. The SMILES string of the molecule is C#CCCNC(=O)c1cccc([N+](=O)[O-])c1OC. The maximum atomic E-state index is 11.8. The second-order valence-electron chi connectivity index (χ2n) is 3.33. The van der Waals surface area contributed by atoms with E-state index >= 15 is 0 Å². The molecule has 1 aromatic rings. The van der Waals surface area contributed by atoms with Crippen LogP contribution < -0.4 is 10.1 Å². The Labute approximate surface area is 104 Å². The largest absolute Gasteiger partial charge is 0.490 e. The van der Waals surface area contributed by atoms with Gasteiger partial charge in [-0.25, -0.2) is 0 Å². The molecule has 6 nitrogen and oxygen atoms in total.